The number of aromatic amines is 1. The molecule has 23 heavy (non-hydrogen) atoms. The van der Waals surface area contributed by atoms with E-state index in [0.717, 1.165) is 48.2 Å². The zero-order chi connectivity index (χ0) is 15.8. The number of rotatable bonds is 5. The van der Waals surface area contributed by atoms with E-state index in [2.05, 4.69) is 30.5 Å². The maximum absolute atomic E-state index is 6.11. The molecule has 3 heterocycles. The Morgan fingerprint density at radius 1 is 1.22 bits per heavy atom. The van der Waals surface area contributed by atoms with Gasteiger partial charge < -0.3 is 10.1 Å². The molecule has 2 aliphatic rings. The van der Waals surface area contributed by atoms with Gasteiger partial charge in [0.15, 0.2) is 11.6 Å². The van der Waals surface area contributed by atoms with Crippen LogP contribution >= 0.6 is 0 Å². The van der Waals surface area contributed by atoms with Crippen LogP contribution in [-0.4, -0.2) is 37.8 Å². The first-order valence-corrected chi connectivity index (χ1v) is 8.31. The molecule has 1 aliphatic heterocycles. The van der Waals surface area contributed by atoms with Gasteiger partial charge in [-0.15, -0.1) is 0 Å². The number of hydrogen-bond acceptors (Lipinski definition) is 6. The number of nitrogens with zero attached hydrogens (tertiary/aromatic N) is 4. The lowest BCUT2D eigenvalue weighted by atomic mass is 10.2. The average Bonchev–Trinajstić information content (AvgIpc) is 3.10. The van der Waals surface area contributed by atoms with E-state index in [1.165, 1.54) is 12.8 Å². The number of anilines is 1. The van der Waals surface area contributed by atoms with Crippen LogP contribution in [0.5, 0.6) is 0 Å². The summed E-state index contributed by atoms with van der Waals surface area (Å²) in [6.07, 6.45) is 6.39. The van der Waals surface area contributed by atoms with E-state index in [1.54, 1.807) is 6.20 Å². The molecule has 0 radical (unpaired) electrons. The molecule has 2 N–H and O–H groups in total. The summed E-state index contributed by atoms with van der Waals surface area (Å²) in [5.74, 6) is 3.24. The molecule has 2 atom stereocenters. The molecular formula is C16H22N6O. The molecule has 2 aromatic heterocycles. The van der Waals surface area contributed by atoms with Gasteiger partial charge in [0.25, 0.3) is 0 Å². The first-order chi connectivity index (χ1) is 11.2. The van der Waals surface area contributed by atoms with Gasteiger partial charge in [0.2, 0.25) is 0 Å². The van der Waals surface area contributed by atoms with Crippen molar-refractivity contribution in [3.05, 3.63) is 29.2 Å². The third kappa shape index (κ3) is 3.19. The summed E-state index contributed by atoms with van der Waals surface area (Å²) in [7, 11) is 0. The molecule has 0 bridgehead atoms. The molecule has 7 nitrogen and oxygen atoms in total. The molecule has 0 aromatic carbocycles. The lowest BCUT2D eigenvalue weighted by Crippen LogP contribution is -2.20. The fourth-order valence-corrected chi connectivity index (χ4v) is 2.93. The highest BCUT2D eigenvalue weighted by atomic mass is 16.5. The Bertz CT molecular complexity index is 696. The quantitative estimate of drug-likeness (QED) is 0.881. The Labute approximate surface area is 135 Å². The molecule has 1 saturated carbocycles. The SMILES string of the molecule is Cc1cnc(C)c(NC[C@H]2CC[C@@H](c3nc(C4CC4)n[nH]3)O2)n1. The molecular weight excluding hydrogens is 292 g/mol. The maximum atomic E-state index is 6.11. The Balaban J connectivity index is 1.33. The van der Waals surface area contributed by atoms with Gasteiger partial charge in [0.1, 0.15) is 11.9 Å². The zero-order valence-electron chi connectivity index (χ0n) is 13.5. The van der Waals surface area contributed by atoms with Crippen molar-refractivity contribution in [3.63, 3.8) is 0 Å². The Hall–Kier alpha value is -2.02. The van der Waals surface area contributed by atoms with Gasteiger partial charge in [-0.2, -0.15) is 5.10 Å². The monoisotopic (exact) mass is 314 g/mol. The highest BCUT2D eigenvalue weighted by molar-refractivity contribution is 5.39. The molecule has 0 amide bonds. The summed E-state index contributed by atoms with van der Waals surface area (Å²) in [6, 6.07) is 0. The number of aromatic nitrogens is 5. The summed E-state index contributed by atoms with van der Waals surface area (Å²) in [6.45, 7) is 4.64. The third-order valence-corrected chi connectivity index (χ3v) is 4.45. The van der Waals surface area contributed by atoms with Crippen molar-refractivity contribution in [3.8, 4) is 0 Å². The number of nitrogens with one attached hydrogen (secondary N) is 2. The summed E-state index contributed by atoms with van der Waals surface area (Å²) < 4.78 is 6.11. The predicted molar refractivity (Wildman–Crippen MR) is 85.2 cm³/mol. The molecule has 0 spiro atoms. The molecule has 2 fully saturated rings. The Morgan fingerprint density at radius 2 is 2.09 bits per heavy atom. The number of hydrogen-bond donors (Lipinski definition) is 2. The molecule has 1 saturated heterocycles. The lowest BCUT2D eigenvalue weighted by molar-refractivity contribution is 0.0471. The molecule has 122 valence electrons. The molecule has 2 aromatic rings. The van der Waals surface area contributed by atoms with Crippen molar-refractivity contribution in [2.24, 2.45) is 0 Å². The first kappa shape index (κ1) is 14.6. The van der Waals surface area contributed by atoms with Crippen molar-refractivity contribution in [1.82, 2.24) is 25.1 Å². The van der Waals surface area contributed by atoms with Crippen LogP contribution in [-0.2, 0) is 4.74 Å². The molecule has 1 aliphatic carbocycles. The second kappa shape index (κ2) is 5.88. The molecule has 0 unspecified atom stereocenters. The van der Waals surface area contributed by atoms with Gasteiger partial charge in [-0.05, 0) is 39.5 Å². The topological polar surface area (TPSA) is 88.6 Å². The average molecular weight is 314 g/mol. The predicted octanol–water partition coefficient (Wildman–Crippen LogP) is 2.42. The largest absolute Gasteiger partial charge is 0.366 e. The molecule has 4 rings (SSSR count). The maximum Gasteiger partial charge on any atom is 0.153 e. The van der Waals surface area contributed by atoms with Crippen LogP contribution in [0, 0.1) is 13.8 Å². The van der Waals surface area contributed by atoms with Crippen LogP contribution in [0.15, 0.2) is 6.20 Å². The Morgan fingerprint density at radius 3 is 2.91 bits per heavy atom. The van der Waals surface area contributed by atoms with Gasteiger partial charge in [0.05, 0.1) is 17.5 Å². The third-order valence-electron chi connectivity index (χ3n) is 4.45. The minimum absolute atomic E-state index is 0.0338. The fourth-order valence-electron chi connectivity index (χ4n) is 2.93. The smallest absolute Gasteiger partial charge is 0.153 e. The normalized spacial score (nSPS) is 24.1. The second-order valence-electron chi connectivity index (χ2n) is 6.50. The van der Waals surface area contributed by atoms with Crippen molar-refractivity contribution in [2.45, 2.75) is 57.7 Å². The highest BCUT2D eigenvalue weighted by Gasteiger charge is 2.32. The van der Waals surface area contributed by atoms with Crippen molar-refractivity contribution in [1.29, 1.82) is 0 Å². The van der Waals surface area contributed by atoms with Crippen molar-refractivity contribution >= 4 is 5.82 Å². The molecule has 7 heteroatoms. The Kier molecular flexibility index (Phi) is 3.72. The van der Waals surface area contributed by atoms with E-state index in [0.29, 0.717) is 5.92 Å². The van der Waals surface area contributed by atoms with Gasteiger partial charge in [-0.25, -0.2) is 9.97 Å². The van der Waals surface area contributed by atoms with E-state index in [1.807, 2.05) is 13.8 Å². The number of aryl methyl sites for hydroxylation is 2. The first-order valence-electron chi connectivity index (χ1n) is 8.31. The highest BCUT2D eigenvalue weighted by Crippen LogP contribution is 2.39. The van der Waals surface area contributed by atoms with E-state index in [-0.39, 0.29) is 12.2 Å². The fraction of sp³-hybridized carbons (Fsp3) is 0.625. The van der Waals surface area contributed by atoms with Crippen molar-refractivity contribution < 1.29 is 4.74 Å². The number of ether oxygens (including phenoxy) is 1. The number of H-pyrrole nitrogens is 1. The lowest BCUT2D eigenvalue weighted by Gasteiger charge is -2.14. The van der Waals surface area contributed by atoms with Crippen LogP contribution in [0.1, 0.15) is 60.7 Å². The second-order valence-corrected chi connectivity index (χ2v) is 6.50. The van der Waals surface area contributed by atoms with Gasteiger partial charge in [-0.1, -0.05) is 0 Å². The van der Waals surface area contributed by atoms with Gasteiger partial charge in [0, 0.05) is 18.7 Å². The zero-order valence-corrected chi connectivity index (χ0v) is 13.5. The minimum Gasteiger partial charge on any atom is -0.366 e. The standard InChI is InChI=1S/C16H22N6O/c1-9-7-17-10(2)14(19-9)18-8-12-5-6-13(23-12)16-20-15(21-22-16)11-3-4-11/h7,11-13H,3-6,8H2,1-2H3,(H,18,19)(H,20,21,22)/t12-,13+/m1/s1. The van der Waals surface area contributed by atoms with Crippen LogP contribution in [0.25, 0.3) is 0 Å². The van der Waals surface area contributed by atoms with Gasteiger partial charge >= 0.3 is 0 Å². The summed E-state index contributed by atoms with van der Waals surface area (Å²) in [5.41, 5.74) is 1.83. The van der Waals surface area contributed by atoms with E-state index in [4.69, 9.17) is 4.74 Å². The van der Waals surface area contributed by atoms with Crippen LogP contribution < -0.4 is 5.32 Å². The van der Waals surface area contributed by atoms with Crippen LogP contribution in [0.2, 0.25) is 0 Å². The summed E-state index contributed by atoms with van der Waals surface area (Å²) >= 11 is 0. The van der Waals surface area contributed by atoms with Crippen LogP contribution in [0.4, 0.5) is 5.82 Å². The van der Waals surface area contributed by atoms with Crippen LogP contribution in [0.3, 0.4) is 0 Å². The van der Waals surface area contributed by atoms with E-state index >= 15 is 0 Å². The minimum atomic E-state index is 0.0338. The van der Waals surface area contributed by atoms with E-state index in [9.17, 15) is 0 Å². The summed E-state index contributed by atoms with van der Waals surface area (Å²) in [5, 5.41) is 10.7. The summed E-state index contributed by atoms with van der Waals surface area (Å²) in [4.78, 5) is 13.4. The van der Waals surface area contributed by atoms with Gasteiger partial charge in [-0.3, -0.25) is 10.1 Å². The van der Waals surface area contributed by atoms with Crippen molar-refractivity contribution in [2.75, 3.05) is 11.9 Å². The van der Waals surface area contributed by atoms with E-state index < -0.39 is 0 Å².